The van der Waals surface area contributed by atoms with Crippen LogP contribution in [0, 0.1) is 11.3 Å². The zero-order chi connectivity index (χ0) is 13.8. The minimum Gasteiger partial charge on any atom is -0.282 e. The Kier molecular flexibility index (Phi) is 4.32. The second-order valence-corrected chi connectivity index (χ2v) is 7.81. The Bertz CT molecular complexity index is 672. The summed E-state index contributed by atoms with van der Waals surface area (Å²) in [7, 11) is -7.13. The molecule has 0 radical (unpaired) electrons. The van der Waals surface area contributed by atoms with Gasteiger partial charge in [0.05, 0.1) is 22.8 Å². The molecule has 18 heavy (non-hydrogen) atoms. The second kappa shape index (κ2) is 5.37. The van der Waals surface area contributed by atoms with Crippen molar-refractivity contribution in [2.45, 2.75) is 0 Å². The molecule has 1 aromatic carbocycles. The molecule has 0 heterocycles. The number of sulfonamides is 1. The fourth-order valence-electron chi connectivity index (χ4n) is 1.15. The summed E-state index contributed by atoms with van der Waals surface area (Å²) in [5.74, 6) is -0.997. The molecule has 1 N–H and O–H groups in total. The van der Waals surface area contributed by atoms with Gasteiger partial charge in [0.1, 0.15) is 15.9 Å². The minimum atomic E-state index is -3.78. The molecule has 0 aliphatic heterocycles. The highest BCUT2D eigenvalue weighted by atomic mass is 32.2. The molecule has 0 fully saturated rings. The van der Waals surface area contributed by atoms with Crippen molar-refractivity contribution in [2.75, 3.05) is 22.5 Å². The van der Waals surface area contributed by atoms with Gasteiger partial charge in [0.25, 0.3) is 0 Å². The van der Waals surface area contributed by atoms with Crippen LogP contribution in [0.2, 0.25) is 0 Å². The number of benzene rings is 1. The van der Waals surface area contributed by atoms with Crippen LogP contribution in [-0.2, 0) is 19.9 Å². The van der Waals surface area contributed by atoms with E-state index < -0.39 is 31.4 Å². The predicted octanol–water partition coefficient (Wildman–Crippen LogP) is 0.345. The number of hydrogen-bond donors (Lipinski definition) is 1. The number of nitriles is 1. The Morgan fingerprint density at radius 1 is 1.17 bits per heavy atom. The summed E-state index contributed by atoms with van der Waals surface area (Å²) in [6.07, 6.45) is 0.964. The summed E-state index contributed by atoms with van der Waals surface area (Å²) in [6.45, 7) is 0. The first-order chi connectivity index (χ1) is 8.23. The average molecular weight is 288 g/mol. The van der Waals surface area contributed by atoms with E-state index in [9.17, 15) is 16.8 Å². The smallest absolute Gasteiger partial charge is 0.233 e. The van der Waals surface area contributed by atoms with Crippen LogP contribution in [-0.4, -0.2) is 34.6 Å². The molecule has 8 heteroatoms. The third-order valence-electron chi connectivity index (χ3n) is 2.04. The molecule has 0 aliphatic rings. The van der Waals surface area contributed by atoms with Gasteiger partial charge in [0.15, 0.2) is 0 Å². The molecule has 1 aromatic rings. The van der Waals surface area contributed by atoms with E-state index >= 15 is 0 Å². The first-order valence-corrected chi connectivity index (χ1v) is 8.62. The molecule has 0 aliphatic carbocycles. The quantitative estimate of drug-likeness (QED) is 0.841. The number of anilines is 1. The van der Waals surface area contributed by atoms with Gasteiger partial charge in [0, 0.05) is 6.26 Å². The van der Waals surface area contributed by atoms with Crippen LogP contribution in [0.1, 0.15) is 5.56 Å². The van der Waals surface area contributed by atoms with E-state index in [4.69, 9.17) is 5.26 Å². The van der Waals surface area contributed by atoms with Gasteiger partial charge in [-0.2, -0.15) is 5.26 Å². The fraction of sp³-hybridized carbons (Fsp3) is 0.300. The number of sulfone groups is 1. The first-order valence-electron chi connectivity index (χ1n) is 4.91. The zero-order valence-electron chi connectivity index (χ0n) is 9.62. The van der Waals surface area contributed by atoms with Crippen molar-refractivity contribution in [1.29, 1.82) is 5.26 Å². The fourth-order valence-corrected chi connectivity index (χ4v) is 3.85. The monoisotopic (exact) mass is 288 g/mol. The van der Waals surface area contributed by atoms with E-state index in [1.54, 1.807) is 12.1 Å². The van der Waals surface area contributed by atoms with Crippen molar-refractivity contribution in [2.24, 2.45) is 0 Å². The van der Waals surface area contributed by atoms with Crippen molar-refractivity contribution >= 4 is 25.5 Å². The Labute approximate surface area is 106 Å². The van der Waals surface area contributed by atoms with Crippen molar-refractivity contribution < 1.29 is 16.8 Å². The number of para-hydroxylation sites is 1. The number of nitrogens with zero attached hydrogens (tertiary/aromatic N) is 1. The molecule has 0 aromatic heterocycles. The normalized spacial score (nSPS) is 11.8. The lowest BCUT2D eigenvalue weighted by Crippen LogP contribution is -2.22. The SMILES string of the molecule is CS(=O)(=O)CCS(=O)(=O)Nc1ccccc1C#N. The van der Waals surface area contributed by atoms with Gasteiger partial charge in [-0.3, -0.25) is 4.72 Å². The van der Waals surface area contributed by atoms with Crippen molar-refractivity contribution in [1.82, 2.24) is 0 Å². The number of hydrogen-bond acceptors (Lipinski definition) is 5. The average Bonchev–Trinajstić information content (AvgIpc) is 2.26. The maximum atomic E-state index is 11.6. The lowest BCUT2D eigenvalue weighted by molar-refractivity contribution is 0.593. The third-order valence-corrected chi connectivity index (χ3v) is 4.51. The minimum absolute atomic E-state index is 0.147. The van der Waals surface area contributed by atoms with Crippen molar-refractivity contribution in [3.63, 3.8) is 0 Å². The molecular weight excluding hydrogens is 276 g/mol. The highest BCUT2D eigenvalue weighted by molar-refractivity contribution is 7.95. The molecule has 0 amide bonds. The van der Waals surface area contributed by atoms with Gasteiger partial charge in [-0.15, -0.1) is 0 Å². The molecule has 6 nitrogen and oxygen atoms in total. The second-order valence-electron chi connectivity index (χ2n) is 3.71. The standard InChI is InChI=1S/C10H12N2O4S2/c1-17(13,14)6-7-18(15,16)12-10-5-3-2-4-9(10)8-11/h2-5,12H,6-7H2,1H3. The van der Waals surface area contributed by atoms with E-state index in [2.05, 4.69) is 4.72 Å². The summed E-state index contributed by atoms with van der Waals surface area (Å²) in [6, 6.07) is 7.94. The Hall–Kier alpha value is -1.59. The van der Waals surface area contributed by atoms with Gasteiger partial charge >= 0.3 is 0 Å². The number of rotatable bonds is 5. The van der Waals surface area contributed by atoms with Crippen LogP contribution in [0.5, 0.6) is 0 Å². The van der Waals surface area contributed by atoms with E-state index in [0.717, 1.165) is 6.26 Å². The van der Waals surface area contributed by atoms with Crippen LogP contribution in [0.15, 0.2) is 24.3 Å². The molecule has 98 valence electrons. The molecule has 0 spiro atoms. The Morgan fingerprint density at radius 3 is 2.33 bits per heavy atom. The summed E-state index contributed by atoms with van der Waals surface area (Å²) in [4.78, 5) is 0. The maximum Gasteiger partial charge on any atom is 0.233 e. The first kappa shape index (κ1) is 14.5. The maximum absolute atomic E-state index is 11.6. The molecule has 1 rings (SSSR count). The van der Waals surface area contributed by atoms with E-state index in [-0.39, 0.29) is 11.3 Å². The molecule has 0 saturated heterocycles. The van der Waals surface area contributed by atoms with Crippen LogP contribution in [0.4, 0.5) is 5.69 Å². The summed E-state index contributed by atoms with van der Waals surface area (Å²) in [5.41, 5.74) is 0.328. The molecular formula is C10H12N2O4S2. The summed E-state index contributed by atoms with van der Waals surface area (Å²) >= 11 is 0. The van der Waals surface area contributed by atoms with E-state index in [1.807, 2.05) is 6.07 Å². The van der Waals surface area contributed by atoms with Crippen molar-refractivity contribution in [3.05, 3.63) is 29.8 Å². The van der Waals surface area contributed by atoms with Gasteiger partial charge in [0.2, 0.25) is 10.0 Å². The molecule has 0 bridgehead atoms. The van der Waals surface area contributed by atoms with Gasteiger partial charge in [-0.1, -0.05) is 12.1 Å². The van der Waals surface area contributed by atoms with Crippen LogP contribution in [0.25, 0.3) is 0 Å². The van der Waals surface area contributed by atoms with Gasteiger partial charge in [-0.05, 0) is 12.1 Å². The number of nitrogens with one attached hydrogen (secondary N) is 1. The molecule has 0 unspecified atom stereocenters. The predicted molar refractivity (Wildman–Crippen MR) is 68.3 cm³/mol. The van der Waals surface area contributed by atoms with E-state index in [0.29, 0.717) is 0 Å². The molecule has 0 saturated carbocycles. The zero-order valence-corrected chi connectivity index (χ0v) is 11.3. The Balaban J connectivity index is 2.87. The summed E-state index contributed by atoms with van der Waals surface area (Å²) in [5, 5.41) is 8.79. The van der Waals surface area contributed by atoms with Crippen LogP contribution in [0.3, 0.4) is 0 Å². The lowest BCUT2D eigenvalue weighted by atomic mass is 10.2. The summed E-state index contributed by atoms with van der Waals surface area (Å²) < 4.78 is 47.3. The highest BCUT2D eigenvalue weighted by Gasteiger charge is 2.15. The van der Waals surface area contributed by atoms with Crippen molar-refractivity contribution in [3.8, 4) is 6.07 Å². The van der Waals surface area contributed by atoms with Crippen LogP contribution < -0.4 is 4.72 Å². The third kappa shape index (κ3) is 4.73. The highest BCUT2D eigenvalue weighted by Crippen LogP contribution is 2.15. The largest absolute Gasteiger partial charge is 0.282 e. The van der Waals surface area contributed by atoms with Crippen LogP contribution >= 0.6 is 0 Å². The Morgan fingerprint density at radius 2 is 1.78 bits per heavy atom. The van der Waals surface area contributed by atoms with E-state index in [1.165, 1.54) is 12.1 Å². The molecule has 0 atom stereocenters. The van der Waals surface area contributed by atoms with Gasteiger partial charge < -0.3 is 0 Å². The topological polar surface area (TPSA) is 104 Å². The lowest BCUT2D eigenvalue weighted by Gasteiger charge is -2.08. The van der Waals surface area contributed by atoms with Gasteiger partial charge in [-0.25, -0.2) is 16.8 Å².